The number of hydrogen-bond donors (Lipinski definition) is 0. The summed E-state index contributed by atoms with van der Waals surface area (Å²) in [5.74, 6) is 1.87. The fourth-order valence-corrected chi connectivity index (χ4v) is 1.84. The molecule has 0 saturated heterocycles. The number of aryl methyl sites for hydroxylation is 2. The Hall–Kier alpha value is -2.03. The van der Waals surface area contributed by atoms with E-state index in [9.17, 15) is 4.79 Å². The van der Waals surface area contributed by atoms with E-state index < -0.39 is 0 Å². The standard InChI is InChI=1S/C15H16O3/c1-4-11-6-8-14(18-11)15(16)13-7-5-12(17-3)9-10(13)2/h5-9H,4H2,1-3H3. The zero-order valence-electron chi connectivity index (χ0n) is 10.8. The maximum absolute atomic E-state index is 12.3. The van der Waals surface area contributed by atoms with Crippen molar-refractivity contribution in [1.29, 1.82) is 0 Å². The summed E-state index contributed by atoms with van der Waals surface area (Å²) in [5.41, 5.74) is 1.53. The van der Waals surface area contributed by atoms with Gasteiger partial charge < -0.3 is 9.15 Å². The zero-order chi connectivity index (χ0) is 13.1. The SMILES string of the molecule is CCc1ccc(C(=O)c2ccc(OC)cc2C)o1. The highest BCUT2D eigenvalue weighted by Gasteiger charge is 2.15. The molecule has 0 fully saturated rings. The lowest BCUT2D eigenvalue weighted by atomic mass is 10.0. The van der Waals surface area contributed by atoms with Gasteiger partial charge in [0.15, 0.2) is 5.76 Å². The van der Waals surface area contributed by atoms with Crippen molar-refractivity contribution >= 4 is 5.78 Å². The maximum atomic E-state index is 12.3. The minimum Gasteiger partial charge on any atom is -0.497 e. The number of furan rings is 1. The second-order valence-electron chi connectivity index (χ2n) is 4.13. The highest BCUT2D eigenvalue weighted by atomic mass is 16.5. The highest BCUT2D eigenvalue weighted by molar-refractivity contribution is 6.08. The number of ether oxygens (including phenoxy) is 1. The van der Waals surface area contributed by atoms with Crippen molar-refractivity contribution in [3.8, 4) is 5.75 Å². The second kappa shape index (κ2) is 5.08. The number of rotatable bonds is 4. The van der Waals surface area contributed by atoms with E-state index in [0.717, 1.165) is 23.5 Å². The molecule has 0 bridgehead atoms. The Labute approximate surface area is 106 Å². The number of benzene rings is 1. The van der Waals surface area contributed by atoms with E-state index in [-0.39, 0.29) is 5.78 Å². The summed E-state index contributed by atoms with van der Waals surface area (Å²) >= 11 is 0. The van der Waals surface area contributed by atoms with Crippen molar-refractivity contribution in [3.05, 3.63) is 53.0 Å². The summed E-state index contributed by atoms with van der Waals surface area (Å²) in [6, 6.07) is 8.96. The van der Waals surface area contributed by atoms with Gasteiger partial charge in [-0.25, -0.2) is 0 Å². The van der Waals surface area contributed by atoms with E-state index in [1.165, 1.54) is 0 Å². The molecule has 0 unspecified atom stereocenters. The molecule has 0 amide bonds. The molecule has 0 radical (unpaired) electrons. The van der Waals surface area contributed by atoms with Crippen LogP contribution in [0, 0.1) is 6.92 Å². The summed E-state index contributed by atoms with van der Waals surface area (Å²) < 4.78 is 10.6. The van der Waals surface area contributed by atoms with Gasteiger partial charge in [-0.3, -0.25) is 4.79 Å². The molecule has 1 aromatic carbocycles. The molecule has 0 saturated carbocycles. The molecule has 94 valence electrons. The monoisotopic (exact) mass is 244 g/mol. The first-order chi connectivity index (χ1) is 8.65. The van der Waals surface area contributed by atoms with E-state index in [1.54, 1.807) is 25.3 Å². The molecule has 0 N–H and O–H groups in total. The van der Waals surface area contributed by atoms with Crippen LogP contribution in [0.3, 0.4) is 0 Å². The van der Waals surface area contributed by atoms with Gasteiger partial charge in [0.25, 0.3) is 0 Å². The van der Waals surface area contributed by atoms with Gasteiger partial charge in [0.1, 0.15) is 11.5 Å². The van der Waals surface area contributed by atoms with Crippen molar-refractivity contribution < 1.29 is 13.9 Å². The Morgan fingerprint density at radius 2 is 2.06 bits per heavy atom. The minimum atomic E-state index is -0.0881. The van der Waals surface area contributed by atoms with Crippen LogP contribution in [0.2, 0.25) is 0 Å². The summed E-state index contributed by atoms with van der Waals surface area (Å²) in [7, 11) is 1.61. The van der Waals surface area contributed by atoms with Crippen molar-refractivity contribution in [2.45, 2.75) is 20.3 Å². The van der Waals surface area contributed by atoms with Crippen molar-refractivity contribution in [3.63, 3.8) is 0 Å². The number of methoxy groups -OCH3 is 1. The summed E-state index contributed by atoms with van der Waals surface area (Å²) in [4.78, 5) is 12.3. The highest BCUT2D eigenvalue weighted by Crippen LogP contribution is 2.21. The molecular formula is C15H16O3. The molecule has 3 nitrogen and oxygen atoms in total. The van der Waals surface area contributed by atoms with Crippen molar-refractivity contribution in [2.24, 2.45) is 0 Å². The number of ketones is 1. The predicted octanol–water partition coefficient (Wildman–Crippen LogP) is 3.39. The molecule has 0 aliphatic rings. The molecule has 2 aromatic rings. The first kappa shape index (κ1) is 12.4. The third kappa shape index (κ3) is 2.30. The Balaban J connectivity index is 2.33. The fourth-order valence-electron chi connectivity index (χ4n) is 1.84. The van der Waals surface area contributed by atoms with Crippen LogP contribution in [0.4, 0.5) is 0 Å². The van der Waals surface area contributed by atoms with Crippen LogP contribution >= 0.6 is 0 Å². The van der Waals surface area contributed by atoms with Crippen molar-refractivity contribution in [1.82, 2.24) is 0 Å². The van der Waals surface area contributed by atoms with E-state index in [1.807, 2.05) is 26.0 Å². The van der Waals surface area contributed by atoms with Crippen molar-refractivity contribution in [2.75, 3.05) is 7.11 Å². The van der Waals surface area contributed by atoms with Crippen LogP contribution in [-0.2, 0) is 6.42 Å². The summed E-state index contributed by atoms with van der Waals surface area (Å²) in [6.45, 7) is 3.88. The Morgan fingerprint density at radius 1 is 1.28 bits per heavy atom. The summed E-state index contributed by atoms with van der Waals surface area (Å²) in [6.07, 6.45) is 0.787. The molecule has 2 rings (SSSR count). The van der Waals surface area contributed by atoms with E-state index in [4.69, 9.17) is 9.15 Å². The first-order valence-corrected chi connectivity index (χ1v) is 5.93. The smallest absolute Gasteiger partial charge is 0.228 e. The Kier molecular flexibility index (Phi) is 3.51. The topological polar surface area (TPSA) is 39.4 Å². The van der Waals surface area contributed by atoms with Gasteiger partial charge in [-0.05, 0) is 42.8 Å². The van der Waals surface area contributed by atoms with Gasteiger partial charge in [-0.2, -0.15) is 0 Å². The Morgan fingerprint density at radius 3 is 2.61 bits per heavy atom. The molecule has 0 spiro atoms. The van der Waals surface area contributed by atoms with Crippen LogP contribution in [-0.4, -0.2) is 12.9 Å². The van der Waals surface area contributed by atoms with E-state index >= 15 is 0 Å². The lowest BCUT2D eigenvalue weighted by molar-refractivity contribution is 0.101. The third-order valence-electron chi connectivity index (χ3n) is 2.91. The molecule has 0 aliphatic carbocycles. The molecular weight excluding hydrogens is 228 g/mol. The van der Waals surface area contributed by atoms with Crippen LogP contribution in [0.15, 0.2) is 34.7 Å². The minimum absolute atomic E-state index is 0.0881. The first-order valence-electron chi connectivity index (χ1n) is 5.93. The van der Waals surface area contributed by atoms with Crippen LogP contribution in [0.25, 0.3) is 0 Å². The van der Waals surface area contributed by atoms with Gasteiger partial charge in [0.2, 0.25) is 5.78 Å². The average molecular weight is 244 g/mol. The van der Waals surface area contributed by atoms with Gasteiger partial charge in [-0.1, -0.05) is 6.92 Å². The van der Waals surface area contributed by atoms with Gasteiger partial charge >= 0.3 is 0 Å². The molecule has 0 atom stereocenters. The average Bonchev–Trinajstić information content (AvgIpc) is 2.86. The van der Waals surface area contributed by atoms with Gasteiger partial charge in [-0.15, -0.1) is 0 Å². The maximum Gasteiger partial charge on any atom is 0.228 e. The van der Waals surface area contributed by atoms with Crippen LogP contribution < -0.4 is 4.74 Å². The van der Waals surface area contributed by atoms with Crippen LogP contribution in [0.1, 0.15) is 34.4 Å². The molecule has 1 heterocycles. The number of carbonyl (C=O) groups excluding carboxylic acids is 1. The number of carbonyl (C=O) groups is 1. The van der Waals surface area contributed by atoms with Crippen LogP contribution in [0.5, 0.6) is 5.75 Å². The third-order valence-corrected chi connectivity index (χ3v) is 2.91. The fraction of sp³-hybridized carbons (Fsp3) is 0.267. The largest absolute Gasteiger partial charge is 0.497 e. The lowest BCUT2D eigenvalue weighted by Gasteiger charge is -2.05. The quantitative estimate of drug-likeness (QED) is 0.774. The molecule has 0 aliphatic heterocycles. The van der Waals surface area contributed by atoms with Gasteiger partial charge in [0.05, 0.1) is 7.11 Å². The molecule has 18 heavy (non-hydrogen) atoms. The second-order valence-corrected chi connectivity index (χ2v) is 4.13. The van der Waals surface area contributed by atoms with Gasteiger partial charge in [0, 0.05) is 12.0 Å². The lowest BCUT2D eigenvalue weighted by Crippen LogP contribution is -2.02. The zero-order valence-corrected chi connectivity index (χ0v) is 10.8. The number of hydrogen-bond acceptors (Lipinski definition) is 3. The van der Waals surface area contributed by atoms with E-state index in [2.05, 4.69) is 0 Å². The Bertz CT molecular complexity index is 567. The van der Waals surface area contributed by atoms with E-state index in [0.29, 0.717) is 11.3 Å². The molecule has 1 aromatic heterocycles. The predicted molar refractivity (Wildman–Crippen MR) is 69.2 cm³/mol. The normalized spacial score (nSPS) is 10.4. The summed E-state index contributed by atoms with van der Waals surface area (Å²) in [5, 5.41) is 0. The molecule has 3 heteroatoms.